The molecule has 1 saturated carbocycles. The zero-order chi connectivity index (χ0) is 12.0. The number of hydrogen-bond acceptors (Lipinski definition) is 3. The van der Waals surface area contributed by atoms with Gasteiger partial charge in [-0.15, -0.1) is 0 Å². The van der Waals surface area contributed by atoms with Crippen LogP contribution >= 0.6 is 0 Å². The molecule has 0 aromatic heterocycles. The van der Waals surface area contributed by atoms with E-state index in [0.717, 1.165) is 19.5 Å². The molecule has 1 fully saturated rings. The van der Waals surface area contributed by atoms with Crippen LogP contribution in [0.1, 0.15) is 39.5 Å². The zero-order valence-corrected chi connectivity index (χ0v) is 10.9. The Hall–Kier alpha value is -0.590. The average Bonchev–Trinajstić information content (AvgIpc) is 2.71. The molecule has 0 spiro atoms. The van der Waals surface area contributed by atoms with Crippen molar-refractivity contribution in [2.45, 2.75) is 51.6 Å². The Morgan fingerprint density at radius 3 is 2.81 bits per heavy atom. The molecule has 0 aromatic rings. The molecule has 2 atom stereocenters. The van der Waals surface area contributed by atoms with Gasteiger partial charge in [-0.05, 0) is 53.2 Å². The van der Waals surface area contributed by atoms with Gasteiger partial charge in [-0.25, -0.2) is 0 Å². The molecule has 0 aromatic carbocycles. The third-order valence-electron chi connectivity index (χ3n) is 3.66. The normalized spacial score (nSPS) is 25.2. The molecule has 1 rings (SSSR count). The van der Waals surface area contributed by atoms with Crippen molar-refractivity contribution in [1.29, 1.82) is 5.26 Å². The molecule has 3 nitrogen and oxygen atoms in total. The van der Waals surface area contributed by atoms with Gasteiger partial charge in [0.15, 0.2) is 0 Å². The zero-order valence-electron chi connectivity index (χ0n) is 10.9. The van der Waals surface area contributed by atoms with Gasteiger partial charge in [0.25, 0.3) is 0 Å². The van der Waals surface area contributed by atoms with Crippen LogP contribution in [0, 0.1) is 17.2 Å². The highest BCUT2D eigenvalue weighted by Gasteiger charge is 2.26. The Morgan fingerprint density at radius 1 is 1.44 bits per heavy atom. The van der Waals surface area contributed by atoms with E-state index in [4.69, 9.17) is 5.26 Å². The fourth-order valence-electron chi connectivity index (χ4n) is 2.23. The molecule has 0 radical (unpaired) electrons. The summed E-state index contributed by atoms with van der Waals surface area (Å²) in [4.78, 5) is 2.36. The van der Waals surface area contributed by atoms with Crippen LogP contribution in [0.5, 0.6) is 0 Å². The van der Waals surface area contributed by atoms with Crippen LogP contribution in [-0.2, 0) is 0 Å². The van der Waals surface area contributed by atoms with E-state index in [1.54, 1.807) is 0 Å². The second kappa shape index (κ2) is 6.88. The van der Waals surface area contributed by atoms with E-state index >= 15 is 0 Å². The van der Waals surface area contributed by atoms with E-state index in [1.807, 2.05) is 0 Å². The molecular weight excluding hydrogens is 198 g/mol. The maximum Gasteiger partial charge on any atom is 0.0672 e. The molecule has 16 heavy (non-hydrogen) atoms. The lowest BCUT2D eigenvalue weighted by molar-refractivity contribution is 0.267. The third-order valence-corrected chi connectivity index (χ3v) is 3.66. The van der Waals surface area contributed by atoms with Gasteiger partial charge in [0.05, 0.1) is 12.0 Å². The first-order valence-electron chi connectivity index (χ1n) is 6.48. The van der Waals surface area contributed by atoms with Gasteiger partial charge in [0.1, 0.15) is 0 Å². The first-order chi connectivity index (χ1) is 7.65. The molecule has 1 aliphatic carbocycles. The van der Waals surface area contributed by atoms with E-state index in [1.165, 1.54) is 19.3 Å². The summed E-state index contributed by atoms with van der Waals surface area (Å²) in [6.45, 7) is 6.61. The molecule has 1 aliphatic rings. The smallest absolute Gasteiger partial charge is 0.0672 e. The van der Waals surface area contributed by atoms with E-state index in [2.05, 4.69) is 37.2 Å². The van der Waals surface area contributed by atoms with E-state index in [9.17, 15) is 0 Å². The molecule has 2 unspecified atom stereocenters. The first kappa shape index (κ1) is 13.5. The SMILES string of the molecule is CC(C)N(C)CCCNC1CCCC1C#N. The highest BCUT2D eigenvalue weighted by atomic mass is 15.1. The van der Waals surface area contributed by atoms with E-state index in [0.29, 0.717) is 12.1 Å². The lowest BCUT2D eigenvalue weighted by atomic mass is 10.1. The van der Waals surface area contributed by atoms with Crippen molar-refractivity contribution in [2.75, 3.05) is 20.1 Å². The molecule has 0 bridgehead atoms. The standard InChI is InChI=1S/C13H25N3/c1-11(2)16(3)9-5-8-15-13-7-4-6-12(13)10-14/h11-13,15H,4-9H2,1-3H3. The molecule has 3 heteroatoms. The van der Waals surface area contributed by atoms with Crippen molar-refractivity contribution in [3.8, 4) is 6.07 Å². The van der Waals surface area contributed by atoms with Crippen molar-refractivity contribution < 1.29 is 0 Å². The number of nitrogens with zero attached hydrogens (tertiary/aromatic N) is 2. The molecule has 0 heterocycles. The quantitative estimate of drug-likeness (QED) is 0.700. The summed E-state index contributed by atoms with van der Waals surface area (Å²) in [5, 5.41) is 12.5. The van der Waals surface area contributed by atoms with Gasteiger partial charge in [0.2, 0.25) is 0 Å². The lowest BCUT2D eigenvalue weighted by Gasteiger charge is -2.22. The average molecular weight is 223 g/mol. The van der Waals surface area contributed by atoms with Gasteiger partial charge in [0, 0.05) is 12.1 Å². The number of rotatable bonds is 6. The minimum absolute atomic E-state index is 0.253. The lowest BCUT2D eigenvalue weighted by Crippen LogP contribution is -2.35. The van der Waals surface area contributed by atoms with Crippen LogP contribution in [-0.4, -0.2) is 37.1 Å². The van der Waals surface area contributed by atoms with Crippen LogP contribution in [0.4, 0.5) is 0 Å². The Bertz CT molecular complexity index is 232. The monoisotopic (exact) mass is 223 g/mol. The maximum absolute atomic E-state index is 8.96. The van der Waals surface area contributed by atoms with Gasteiger partial charge in [-0.1, -0.05) is 6.42 Å². The van der Waals surface area contributed by atoms with Crippen LogP contribution < -0.4 is 5.32 Å². The second-order valence-corrected chi connectivity index (χ2v) is 5.16. The van der Waals surface area contributed by atoms with Crippen LogP contribution in [0.15, 0.2) is 0 Å². The van der Waals surface area contributed by atoms with Gasteiger partial charge < -0.3 is 10.2 Å². The maximum atomic E-state index is 8.96. The fraction of sp³-hybridized carbons (Fsp3) is 0.923. The Balaban J connectivity index is 2.09. The minimum atomic E-state index is 0.253. The van der Waals surface area contributed by atoms with Gasteiger partial charge >= 0.3 is 0 Å². The third kappa shape index (κ3) is 4.11. The summed E-state index contributed by atoms with van der Waals surface area (Å²) < 4.78 is 0. The Kier molecular flexibility index (Phi) is 5.79. The van der Waals surface area contributed by atoms with Gasteiger partial charge in [-0.2, -0.15) is 5.26 Å². The minimum Gasteiger partial charge on any atom is -0.313 e. The fourth-order valence-corrected chi connectivity index (χ4v) is 2.23. The number of hydrogen-bond donors (Lipinski definition) is 1. The first-order valence-corrected chi connectivity index (χ1v) is 6.48. The van der Waals surface area contributed by atoms with Crippen molar-refractivity contribution in [1.82, 2.24) is 10.2 Å². The van der Waals surface area contributed by atoms with Crippen molar-refractivity contribution in [3.05, 3.63) is 0 Å². The predicted octanol–water partition coefficient (Wildman–Crippen LogP) is 2.00. The Labute approximate surface area is 99.8 Å². The van der Waals surface area contributed by atoms with Gasteiger partial charge in [-0.3, -0.25) is 0 Å². The van der Waals surface area contributed by atoms with E-state index in [-0.39, 0.29) is 5.92 Å². The number of nitrogens with one attached hydrogen (secondary N) is 1. The molecular formula is C13H25N3. The van der Waals surface area contributed by atoms with Crippen LogP contribution in [0.3, 0.4) is 0 Å². The summed E-state index contributed by atoms with van der Waals surface area (Å²) >= 11 is 0. The van der Waals surface area contributed by atoms with E-state index < -0.39 is 0 Å². The molecule has 92 valence electrons. The summed E-state index contributed by atoms with van der Waals surface area (Å²) in [5.74, 6) is 0.253. The van der Waals surface area contributed by atoms with Crippen LogP contribution in [0.2, 0.25) is 0 Å². The highest BCUT2D eigenvalue weighted by molar-refractivity contribution is 4.96. The molecule has 0 saturated heterocycles. The van der Waals surface area contributed by atoms with Crippen LogP contribution in [0.25, 0.3) is 0 Å². The summed E-state index contributed by atoms with van der Waals surface area (Å²) in [6, 6.07) is 3.49. The van der Waals surface area contributed by atoms with Crippen molar-refractivity contribution >= 4 is 0 Å². The second-order valence-electron chi connectivity index (χ2n) is 5.16. The molecule has 0 amide bonds. The Morgan fingerprint density at radius 2 is 2.19 bits per heavy atom. The van der Waals surface area contributed by atoms with Crippen molar-refractivity contribution in [3.63, 3.8) is 0 Å². The summed E-state index contributed by atoms with van der Waals surface area (Å²) in [6.07, 6.45) is 4.64. The highest BCUT2D eigenvalue weighted by Crippen LogP contribution is 2.24. The summed E-state index contributed by atoms with van der Waals surface area (Å²) in [5.41, 5.74) is 0. The van der Waals surface area contributed by atoms with Crippen molar-refractivity contribution in [2.24, 2.45) is 5.92 Å². The summed E-state index contributed by atoms with van der Waals surface area (Å²) in [7, 11) is 2.16. The molecule has 0 aliphatic heterocycles. The molecule has 1 N–H and O–H groups in total. The number of nitriles is 1. The largest absolute Gasteiger partial charge is 0.313 e. The predicted molar refractivity (Wildman–Crippen MR) is 67.1 cm³/mol. The topological polar surface area (TPSA) is 39.1 Å².